The average molecular weight is 422 g/mol. The first-order valence-electron chi connectivity index (χ1n) is 9.39. The first kappa shape index (κ1) is 22.7. The SMILES string of the molecule is CCC(CNC(=NC)NCc1ccc(S(C)(=O)=O)c(C)c1)Oc1ccccc1F. The third-order valence-electron chi connectivity index (χ3n) is 4.41. The summed E-state index contributed by atoms with van der Waals surface area (Å²) in [6.45, 7) is 4.68. The van der Waals surface area contributed by atoms with Gasteiger partial charge >= 0.3 is 0 Å². The monoisotopic (exact) mass is 421 g/mol. The maximum Gasteiger partial charge on any atom is 0.191 e. The van der Waals surface area contributed by atoms with E-state index in [1.165, 1.54) is 12.3 Å². The molecule has 2 aromatic rings. The second-order valence-corrected chi connectivity index (χ2v) is 8.74. The predicted molar refractivity (Wildman–Crippen MR) is 114 cm³/mol. The molecular formula is C21H28FN3O3S. The number of hydrogen-bond acceptors (Lipinski definition) is 4. The molecule has 0 aliphatic heterocycles. The highest BCUT2D eigenvalue weighted by atomic mass is 32.2. The van der Waals surface area contributed by atoms with Crippen LogP contribution >= 0.6 is 0 Å². The number of halogens is 1. The van der Waals surface area contributed by atoms with E-state index in [0.717, 1.165) is 5.56 Å². The smallest absolute Gasteiger partial charge is 0.191 e. The molecule has 0 fully saturated rings. The Morgan fingerprint density at radius 2 is 1.93 bits per heavy atom. The van der Waals surface area contributed by atoms with Gasteiger partial charge in [0.25, 0.3) is 0 Å². The summed E-state index contributed by atoms with van der Waals surface area (Å²) in [5.74, 6) is 0.414. The molecule has 0 bridgehead atoms. The van der Waals surface area contributed by atoms with E-state index in [-0.39, 0.29) is 17.7 Å². The van der Waals surface area contributed by atoms with Crippen molar-refractivity contribution in [2.24, 2.45) is 4.99 Å². The van der Waals surface area contributed by atoms with Crippen LogP contribution < -0.4 is 15.4 Å². The van der Waals surface area contributed by atoms with Crippen LogP contribution in [0.25, 0.3) is 0 Å². The Bertz CT molecular complexity index is 961. The third kappa shape index (κ3) is 6.74. The van der Waals surface area contributed by atoms with Crippen molar-refractivity contribution < 1.29 is 17.5 Å². The fraction of sp³-hybridized carbons (Fsp3) is 0.381. The molecule has 0 aromatic heterocycles. The minimum absolute atomic E-state index is 0.221. The summed E-state index contributed by atoms with van der Waals surface area (Å²) in [4.78, 5) is 4.52. The summed E-state index contributed by atoms with van der Waals surface area (Å²) < 4.78 is 43.0. The number of nitrogens with zero attached hydrogens (tertiary/aromatic N) is 1. The first-order valence-corrected chi connectivity index (χ1v) is 11.3. The molecular weight excluding hydrogens is 393 g/mol. The van der Waals surface area contributed by atoms with Crippen molar-refractivity contribution >= 4 is 15.8 Å². The molecule has 2 aromatic carbocycles. The highest BCUT2D eigenvalue weighted by molar-refractivity contribution is 7.90. The van der Waals surface area contributed by atoms with E-state index in [2.05, 4.69) is 15.6 Å². The Balaban J connectivity index is 1.92. The Kier molecular flexibility index (Phi) is 8.01. The molecule has 0 aliphatic rings. The van der Waals surface area contributed by atoms with E-state index in [1.54, 1.807) is 44.3 Å². The number of aryl methyl sites for hydroxylation is 1. The lowest BCUT2D eigenvalue weighted by atomic mass is 10.1. The second-order valence-electron chi connectivity index (χ2n) is 6.76. The number of sulfone groups is 1. The molecule has 0 heterocycles. The number of rotatable bonds is 8. The van der Waals surface area contributed by atoms with E-state index in [4.69, 9.17) is 4.74 Å². The molecule has 8 heteroatoms. The molecule has 0 saturated heterocycles. The molecule has 2 N–H and O–H groups in total. The molecule has 0 aliphatic carbocycles. The summed E-state index contributed by atoms with van der Waals surface area (Å²) in [5, 5.41) is 6.36. The van der Waals surface area contributed by atoms with Crippen molar-refractivity contribution in [2.75, 3.05) is 19.8 Å². The zero-order chi connectivity index (χ0) is 21.4. The van der Waals surface area contributed by atoms with Crippen molar-refractivity contribution in [3.8, 4) is 5.75 Å². The van der Waals surface area contributed by atoms with Gasteiger partial charge < -0.3 is 15.4 Å². The fourth-order valence-electron chi connectivity index (χ4n) is 2.84. The quantitative estimate of drug-likeness (QED) is 0.506. The molecule has 6 nitrogen and oxygen atoms in total. The number of ether oxygens (including phenoxy) is 1. The van der Waals surface area contributed by atoms with Crippen LogP contribution in [0.1, 0.15) is 24.5 Å². The van der Waals surface area contributed by atoms with Gasteiger partial charge in [0.2, 0.25) is 0 Å². The van der Waals surface area contributed by atoms with Crippen molar-refractivity contribution in [2.45, 2.75) is 37.8 Å². The van der Waals surface area contributed by atoms with Gasteiger partial charge in [0, 0.05) is 19.8 Å². The van der Waals surface area contributed by atoms with Gasteiger partial charge in [0.05, 0.1) is 11.4 Å². The molecule has 158 valence electrons. The zero-order valence-electron chi connectivity index (χ0n) is 17.2. The molecule has 0 amide bonds. The number of benzene rings is 2. The summed E-state index contributed by atoms with van der Waals surface area (Å²) >= 11 is 0. The third-order valence-corrected chi connectivity index (χ3v) is 5.66. The second kappa shape index (κ2) is 10.2. The Morgan fingerprint density at radius 1 is 1.21 bits per heavy atom. The maximum atomic E-state index is 13.8. The minimum atomic E-state index is -3.23. The highest BCUT2D eigenvalue weighted by Gasteiger charge is 2.13. The topological polar surface area (TPSA) is 79.8 Å². The van der Waals surface area contributed by atoms with E-state index < -0.39 is 9.84 Å². The molecule has 1 atom stereocenters. The zero-order valence-corrected chi connectivity index (χ0v) is 18.0. The Labute approximate surface area is 172 Å². The summed E-state index contributed by atoms with van der Waals surface area (Å²) in [6, 6.07) is 11.6. The number of hydrogen-bond donors (Lipinski definition) is 2. The maximum absolute atomic E-state index is 13.8. The van der Waals surface area contributed by atoms with Crippen LogP contribution in [-0.2, 0) is 16.4 Å². The van der Waals surface area contributed by atoms with Crippen LogP contribution in [0.4, 0.5) is 4.39 Å². The van der Waals surface area contributed by atoms with Gasteiger partial charge in [-0.05, 0) is 42.7 Å². The lowest BCUT2D eigenvalue weighted by Crippen LogP contribution is -2.42. The largest absolute Gasteiger partial charge is 0.486 e. The van der Waals surface area contributed by atoms with Crippen molar-refractivity contribution in [3.63, 3.8) is 0 Å². The molecule has 0 radical (unpaired) electrons. The lowest BCUT2D eigenvalue weighted by molar-refractivity contribution is 0.191. The number of guanidine groups is 1. The number of nitrogens with one attached hydrogen (secondary N) is 2. The Hall–Kier alpha value is -2.61. The highest BCUT2D eigenvalue weighted by Crippen LogP contribution is 2.18. The van der Waals surface area contributed by atoms with Crippen LogP contribution in [0.3, 0.4) is 0 Å². The van der Waals surface area contributed by atoms with E-state index in [0.29, 0.717) is 35.9 Å². The molecule has 0 saturated carbocycles. The van der Waals surface area contributed by atoms with Crippen molar-refractivity contribution in [1.82, 2.24) is 10.6 Å². The van der Waals surface area contributed by atoms with E-state index >= 15 is 0 Å². The van der Waals surface area contributed by atoms with Crippen LogP contribution in [0.5, 0.6) is 5.75 Å². The summed E-state index contributed by atoms with van der Waals surface area (Å²) in [5.41, 5.74) is 1.64. The number of para-hydroxylation sites is 1. The van der Waals surface area contributed by atoms with E-state index in [1.807, 2.05) is 13.0 Å². The van der Waals surface area contributed by atoms with Gasteiger partial charge in [-0.1, -0.05) is 31.2 Å². The average Bonchev–Trinajstić information content (AvgIpc) is 2.67. The van der Waals surface area contributed by atoms with Crippen LogP contribution in [0.15, 0.2) is 52.4 Å². The predicted octanol–water partition coefficient (Wildman–Crippen LogP) is 3.06. The Morgan fingerprint density at radius 3 is 2.52 bits per heavy atom. The number of aliphatic imine (C=N–C) groups is 1. The fourth-order valence-corrected chi connectivity index (χ4v) is 3.80. The van der Waals surface area contributed by atoms with Crippen molar-refractivity contribution in [1.29, 1.82) is 0 Å². The van der Waals surface area contributed by atoms with Gasteiger partial charge in [-0.3, -0.25) is 4.99 Å². The molecule has 2 rings (SSSR count). The molecule has 29 heavy (non-hydrogen) atoms. The van der Waals surface area contributed by atoms with E-state index in [9.17, 15) is 12.8 Å². The summed E-state index contributed by atoms with van der Waals surface area (Å²) in [6.07, 6.45) is 1.68. The van der Waals surface area contributed by atoms with Gasteiger partial charge in [0.15, 0.2) is 27.4 Å². The normalized spacial score (nSPS) is 13.1. The van der Waals surface area contributed by atoms with Gasteiger partial charge in [-0.25, -0.2) is 12.8 Å². The minimum Gasteiger partial charge on any atom is -0.486 e. The standard InChI is InChI=1S/C21H28FN3O3S/c1-5-17(28-19-9-7-6-8-18(19)22)14-25-21(23-3)24-13-16-10-11-20(15(2)12-16)29(4,26)27/h6-12,17H,5,13-14H2,1-4H3,(H2,23,24,25). The lowest BCUT2D eigenvalue weighted by Gasteiger charge is -2.20. The van der Waals surface area contributed by atoms with Crippen LogP contribution in [0, 0.1) is 12.7 Å². The summed E-state index contributed by atoms with van der Waals surface area (Å²) in [7, 11) is -1.57. The van der Waals surface area contributed by atoms with Gasteiger partial charge in [0.1, 0.15) is 6.10 Å². The van der Waals surface area contributed by atoms with Crippen LogP contribution in [-0.4, -0.2) is 40.3 Å². The molecule has 0 spiro atoms. The first-order chi connectivity index (χ1) is 13.7. The molecule has 1 unspecified atom stereocenters. The van der Waals surface area contributed by atoms with Crippen LogP contribution in [0.2, 0.25) is 0 Å². The van der Waals surface area contributed by atoms with Gasteiger partial charge in [-0.15, -0.1) is 0 Å². The van der Waals surface area contributed by atoms with Crippen molar-refractivity contribution in [3.05, 3.63) is 59.4 Å². The van der Waals surface area contributed by atoms with Gasteiger partial charge in [-0.2, -0.15) is 0 Å².